The first-order valence-corrected chi connectivity index (χ1v) is 21.6. The van der Waals surface area contributed by atoms with Crippen molar-refractivity contribution >= 4 is 11.9 Å². The van der Waals surface area contributed by atoms with Crippen LogP contribution < -0.4 is 0 Å². The zero-order valence-corrected chi connectivity index (χ0v) is 33.9. The lowest BCUT2D eigenvalue weighted by atomic mass is 9.87. The van der Waals surface area contributed by atoms with Gasteiger partial charge in [-0.2, -0.15) is 0 Å². The number of carbonyl (C=O) groups is 2. The van der Waals surface area contributed by atoms with Gasteiger partial charge >= 0.3 is 11.9 Å². The molecule has 0 aromatic heterocycles. The molecule has 0 aliphatic heterocycles. The fraction of sp³-hybridized carbons (Fsp3) is 0.955. The summed E-state index contributed by atoms with van der Waals surface area (Å²) >= 11 is 0. The molecule has 0 fully saturated rings. The van der Waals surface area contributed by atoms with E-state index in [0.29, 0.717) is 18.9 Å². The maximum Gasteiger partial charge on any atom is 0.306 e. The molecule has 288 valence electrons. The lowest BCUT2D eigenvalue weighted by molar-refractivity contribution is -0.144. The molecule has 0 rings (SSSR count). The molecule has 1 N–H and O–H groups in total. The van der Waals surface area contributed by atoms with Crippen molar-refractivity contribution in [2.45, 2.75) is 241 Å². The van der Waals surface area contributed by atoms with Crippen LogP contribution in [0.5, 0.6) is 0 Å². The molecular weight excluding hydrogens is 592 g/mol. The second-order valence-electron chi connectivity index (χ2n) is 15.8. The molecule has 0 aromatic rings. The summed E-state index contributed by atoms with van der Waals surface area (Å²) in [6.45, 7) is 16.5. The standard InChI is InChI=1S/2C22H44O2/c1-5-7-8-9-10-11-12-13-17-21(22(23)24)18-20(4)16-14-15-19(3)6-2;1-4-5-6-7-8-9-10-13-16-19-22(23)24-20-17-14-11-12-15-18-21(2)3/h19-21H,5-18H2,1-4H3,(H,23,24);21H,4-20H2,1-3H3. The summed E-state index contributed by atoms with van der Waals surface area (Å²) in [4.78, 5) is 23.1. The van der Waals surface area contributed by atoms with Gasteiger partial charge in [0.05, 0.1) is 12.5 Å². The van der Waals surface area contributed by atoms with E-state index in [1.165, 1.54) is 154 Å². The zero-order chi connectivity index (χ0) is 36.1. The summed E-state index contributed by atoms with van der Waals surface area (Å²) in [7, 11) is 0. The van der Waals surface area contributed by atoms with E-state index in [4.69, 9.17) is 4.74 Å². The second kappa shape index (κ2) is 38.7. The van der Waals surface area contributed by atoms with Gasteiger partial charge in [-0.1, -0.05) is 209 Å². The Labute approximate surface area is 302 Å². The summed E-state index contributed by atoms with van der Waals surface area (Å²) in [5.74, 6) is 1.49. The zero-order valence-electron chi connectivity index (χ0n) is 33.9. The van der Waals surface area contributed by atoms with E-state index in [1.54, 1.807) is 0 Å². The normalized spacial score (nSPS) is 13.2. The first-order valence-electron chi connectivity index (χ1n) is 21.6. The van der Waals surface area contributed by atoms with Gasteiger partial charge in [-0.05, 0) is 43.4 Å². The highest BCUT2D eigenvalue weighted by Gasteiger charge is 2.20. The van der Waals surface area contributed by atoms with Crippen molar-refractivity contribution in [1.82, 2.24) is 0 Å². The number of carboxylic acids is 1. The predicted molar refractivity (Wildman–Crippen MR) is 211 cm³/mol. The van der Waals surface area contributed by atoms with Crippen LogP contribution in [0, 0.1) is 23.7 Å². The van der Waals surface area contributed by atoms with E-state index in [0.717, 1.165) is 43.9 Å². The first kappa shape index (κ1) is 49.1. The molecule has 0 spiro atoms. The molecule has 4 heteroatoms. The van der Waals surface area contributed by atoms with E-state index in [2.05, 4.69) is 48.5 Å². The third kappa shape index (κ3) is 39.4. The number of esters is 1. The van der Waals surface area contributed by atoms with Crippen LogP contribution in [-0.2, 0) is 14.3 Å². The summed E-state index contributed by atoms with van der Waals surface area (Å²) in [5.41, 5.74) is 0. The predicted octanol–water partition coefficient (Wildman–Crippen LogP) is 14.9. The van der Waals surface area contributed by atoms with Gasteiger partial charge in [-0.3, -0.25) is 9.59 Å². The smallest absolute Gasteiger partial charge is 0.306 e. The van der Waals surface area contributed by atoms with Crippen molar-refractivity contribution in [3.8, 4) is 0 Å². The highest BCUT2D eigenvalue weighted by Crippen LogP contribution is 2.24. The SMILES string of the molecule is CCCCCCCCCCC(CC(C)CCCC(C)CC)C(=O)O.CCCCCCCCCCCC(=O)OCCCCCCCC(C)C. The van der Waals surface area contributed by atoms with Crippen LogP contribution in [0.25, 0.3) is 0 Å². The third-order valence-electron chi connectivity index (χ3n) is 10.2. The van der Waals surface area contributed by atoms with Gasteiger partial charge in [0.15, 0.2) is 0 Å². The van der Waals surface area contributed by atoms with Crippen LogP contribution in [0.15, 0.2) is 0 Å². The minimum Gasteiger partial charge on any atom is -0.481 e. The van der Waals surface area contributed by atoms with Crippen molar-refractivity contribution in [3.05, 3.63) is 0 Å². The Morgan fingerprint density at radius 1 is 0.500 bits per heavy atom. The van der Waals surface area contributed by atoms with Crippen LogP contribution >= 0.6 is 0 Å². The Bertz CT molecular complexity index is 660. The van der Waals surface area contributed by atoms with Crippen LogP contribution in [0.2, 0.25) is 0 Å². The Hall–Kier alpha value is -1.06. The molecule has 4 nitrogen and oxygen atoms in total. The van der Waals surface area contributed by atoms with E-state index in [-0.39, 0.29) is 11.9 Å². The van der Waals surface area contributed by atoms with Gasteiger partial charge in [0, 0.05) is 6.42 Å². The molecule has 0 radical (unpaired) electrons. The van der Waals surface area contributed by atoms with E-state index >= 15 is 0 Å². The van der Waals surface area contributed by atoms with Crippen molar-refractivity contribution in [3.63, 3.8) is 0 Å². The molecule has 3 atom stereocenters. The molecule has 48 heavy (non-hydrogen) atoms. The summed E-state index contributed by atoms with van der Waals surface area (Å²) in [6, 6.07) is 0. The van der Waals surface area contributed by atoms with Gasteiger partial charge in [0.25, 0.3) is 0 Å². The number of rotatable bonds is 35. The van der Waals surface area contributed by atoms with Crippen LogP contribution in [0.3, 0.4) is 0 Å². The number of ether oxygens (including phenoxy) is 1. The summed E-state index contributed by atoms with van der Waals surface area (Å²) in [6.07, 6.45) is 36.7. The molecule has 0 heterocycles. The van der Waals surface area contributed by atoms with Gasteiger partial charge in [0.2, 0.25) is 0 Å². The lowest BCUT2D eigenvalue weighted by Crippen LogP contribution is -2.17. The van der Waals surface area contributed by atoms with Gasteiger partial charge < -0.3 is 9.84 Å². The monoisotopic (exact) mass is 681 g/mol. The van der Waals surface area contributed by atoms with Crippen LogP contribution in [0.1, 0.15) is 241 Å². The Morgan fingerprint density at radius 3 is 1.42 bits per heavy atom. The topological polar surface area (TPSA) is 63.6 Å². The average molecular weight is 681 g/mol. The van der Waals surface area contributed by atoms with Crippen molar-refractivity contribution in [2.24, 2.45) is 23.7 Å². The molecule has 0 aliphatic carbocycles. The Morgan fingerprint density at radius 2 is 0.938 bits per heavy atom. The fourth-order valence-corrected chi connectivity index (χ4v) is 6.51. The third-order valence-corrected chi connectivity index (χ3v) is 10.2. The first-order chi connectivity index (χ1) is 23.2. The van der Waals surface area contributed by atoms with Crippen LogP contribution in [-0.4, -0.2) is 23.7 Å². The summed E-state index contributed by atoms with van der Waals surface area (Å²) in [5, 5.41) is 9.47. The quantitative estimate of drug-likeness (QED) is 0.0534. The van der Waals surface area contributed by atoms with Crippen molar-refractivity contribution in [2.75, 3.05) is 6.61 Å². The minimum atomic E-state index is -0.577. The lowest BCUT2D eigenvalue weighted by Gasteiger charge is -2.18. The maximum absolute atomic E-state index is 11.6. The largest absolute Gasteiger partial charge is 0.481 e. The number of hydrogen-bond donors (Lipinski definition) is 1. The molecule has 0 amide bonds. The maximum atomic E-state index is 11.6. The molecule has 0 saturated carbocycles. The van der Waals surface area contributed by atoms with Gasteiger partial charge in [0.1, 0.15) is 0 Å². The van der Waals surface area contributed by atoms with E-state index in [1.807, 2.05) is 0 Å². The molecule has 0 bridgehead atoms. The van der Waals surface area contributed by atoms with Gasteiger partial charge in [-0.25, -0.2) is 0 Å². The Kier molecular flexibility index (Phi) is 39.6. The molecular formula is C44H88O4. The number of hydrogen-bond acceptors (Lipinski definition) is 3. The molecule has 0 aliphatic rings. The fourth-order valence-electron chi connectivity index (χ4n) is 6.51. The second-order valence-corrected chi connectivity index (χ2v) is 15.8. The number of carbonyl (C=O) groups excluding carboxylic acids is 1. The van der Waals surface area contributed by atoms with E-state index in [9.17, 15) is 14.7 Å². The average Bonchev–Trinajstić information content (AvgIpc) is 3.05. The Balaban J connectivity index is 0. The minimum absolute atomic E-state index is 0.0118. The highest BCUT2D eigenvalue weighted by atomic mass is 16.5. The van der Waals surface area contributed by atoms with E-state index < -0.39 is 5.97 Å². The highest BCUT2D eigenvalue weighted by molar-refractivity contribution is 5.70. The number of aliphatic carboxylic acids is 1. The summed E-state index contributed by atoms with van der Waals surface area (Å²) < 4.78 is 5.32. The molecule has 3 unspecified atom stereocenters. The van der Waals surface area contributed by atoms with Crippen molar-refractivity contribution < 1.29 is 19.4 Å². The number of carboxylic acid groups (broad SMARTS) is 1. The van der Waals surface area contributed by atoms with Crippen LogP contribution in [0.4, 0.5) is 0 Å². The molecule has 0 aromatic carbocycles. The van der Waals surface area contributed by atoms with Crippen molar-refractivity contribution in [1.29, 1.82) is 0 Å². The number of unbranched alkanes of at least 4 members (excludes halogenated alkanes) is 19. The molecule has 0 saturated heterocycles. The van der Waals surface area contributed by atoms with Gasteiger partial charge in [-0.15, -0.1) is 0 Å².